The summed E-state index contributed by atoms with van der Waals surface area (Å²) in [7, 11) is -0.982. The summed E-state index contributed by atoms with van der Waals surface area (Å²) in [5.74, 6) is 5.28. The van der Waals surface area contributed by atoms with Gasteiger partial charge < -0.3 is 0 Å². The molecule has 0 N–H and O–H groups in total. The maximum atomic E-state index is 2.64. The van der Waals surface area contributed by atoms with Gasteiger partial charge in [0.2, 0.25) is 0 Å². The Balaban J connectivity index is 0.00000180. The average molecular weight is 541 g/mol. The Morgan fingerprint density at radius 2 is 1.70 bits per heavy atom. The number of rotatable bonds is 3. The van der Waals surface area contributed by atoms with E-state index >= 15 is 0 Å². The van der Waals surface area contributed by atoms with Crippen LogP contribution < -0.4 is 0 Å². The Bertz CT molecular complexity index is 454. The SMILES string of the molecule is Cl.Cl.[CH3][GeH]([CH3])[Hf]([C]1=CC=CC1)[C]1=C(C(C)(C)C)C=CC1. The van der Waals surface area contributed by atoms with E-state index in [2.05, 4.69) is 62.7 Å². The minimum atomic E-state index is -1.61. The fraction of sp³-hybridized carbons (Fsp3) is 0.500. The van der Waals surface area contributed by atoms with Crippen LogP contribution in [0.5, 0.6) is 0 Å². The summed E-state index contributed by atoms with van der Waals surface area (Å²) in [6.45, 7) is 7.15. The first-order valence-electron chi connectivity index (χ1n) is 7.04. The molecule has 2 rings (SSSR count). The summed E-state index contributed by atoms with van der Waals surface area (Å²) in [6, 6.07) is 0. The quantitative estimate of drug-likeness (QED) is 0.412. The van der Waals surface area contributed by atoms with Crippen LogP contribution in [-0.4, -0.2) is 10.6 Å². The van der Waals surface area contributed by atoms with Crippen LogP contribution in [0.3, 0.4) is 0 Å². The number of halogens is 2. The third kappa shape index (κ3) is 4.73. The molecule has 0 aliphatic heterocycles. The van der Waals surface area contributed by atoms with E-state index in [1.54, 1.807) is 5.57 Å². The van der Waals surface area contributed by atoms with Crippen LogP contribution in [0.15, 0.2) is 42.6 Å². The molecule has 2 aliphatic rings. The summed E-state index contributed by atoms with van der Waals surface area (Å²) in [5.41, 5.74) is 2.05. The summed E-state index contributed by atoms with van der Waals surface area (Å²) in [5, 5.41) is 0. The number of allylic oxidation sites excluding steroid dienone is 8. The third-order valence-corrected chi connectivity index (χ3v) is 47.9. The van der Waals surface area contributed by atoms with Crippen LogP contribution in [0, 0.1) is 5.41 Å². The van der Waals surface area contributed by atoms with Gasteiger partial charge in [0.05, 0.1) is 0 Å². The second kappa shape index (κ2) is 8.55. The van der Waals surface area contributed by atoms with Crippen molar-refractivity contribution < 1.29 is 19.0 Å². The Hall–Kier alpha value is 0.953. The molecule has 0 saturated heterocycles. The molecule has 0 nitrogen and oxygen atoms in total. The first kappa shape index (κ1) is 21.0. The van der Waals surface area contributed by atoms with Gasteiger partial charge in [-0.05, 0) is 0 Å². The molecule has 0 aromatic rings. The van der Waals surface area contributed by atoms with Crippen LogP contribution in [0.4, 0.5) is 0 Å². The number of hydrogen-bond acceptors (Lipinski definition) is 0. The maximum absolute atomic E-state index is 2.64. The molecule has 20 heavy (non-hydrogen) atoms. The first-order chi connectivity index (χ1) is 8.41. The van der Waals surface area contributed by atoms with Crippen molar-refractivity contribution in [3.05, 3.63) is 42.6 Å². The van der Waals surface area contributed by atoms with Crippen molar-refractivity contribution in [1.29, 1.82) is 0 Å². The Morgan fingerprint density at radius 1 is 1.05 bits per heavy atom. The zero-order chi connectivity index (χ0) is 13.3. The Morgan fingerprint density at radius 3 is 2.15 bits per heavy atom. The molecule has 0 aromatic heterocycles. The molecule has 0 unspecified atom stereocenters. The zero-order valence-corrected chi connectivity index (χ0v) is 20.8. The van der Waals surface area contributed by atoms with Crippen molar-refractivity contribution in [2.45, 2.75) is 45.1 Å². The standard InChI is InChI=1S/C9H13.C5H5.C2H7Ge.2ClH.Hf/c1-9(2,3)8-6-4-5-7-8;1-2-4-5-3-1;1-3-2;;;/h4,6H,5H2,1-3H3;1-3H,4H2;3H,1-2H3;2*1H;. The van der Waals surface area contributed by atoms with Crippen LogP contribution in [0.2, 0.25) is 11.5 Å². The van der Waals surface area contributed by atoms with Gasteiger partial charge in [-0.3, -0.25) is 0 Å². The predicted molar refractivity (Wildman–Crippen MR) is 95.5 cm³/mol. The van der Waals surface area contributed by atoms with E-state index in [9.17, 15) is 0 Å². The van der Waals surface area contributed by atoms with Gasteiger partial charge in [0, 0.05) is 0 Å². The van der Waals surface area contributed by atoms with Crippen molar-refractivity contribution in [1.82, 2.24) is 0 Å². The van der Waals surface area contributed by atoms with Crippen molar-refractivity contribution in [3.8, 4) is 0 Å². The van der Waals surface area contributed by atoms with Crippen molar-refractivity contribution >= 4 is 35.5 Å². The van der Waals surface area contributed by atoms with E-state index in [1.807, 2.05) is 6.66 Å². The number of hydrogen-bond donors (Lipinski definition) is 0. The first-order valence-corrected chi connectivity index (χ1v) is 27.5. The summed E-state index contributed by atoms with van der Waals surface area (Å²) in [4.78, 5) is 0. The summed E-state index contributed by atoms with van der Waals surface area (Å²) >= 11 is -1.61. The average Bonchev–Trinajstić information content (AvgIpc) is 2.86. The second-order valence-electron chi connectivity index (χ2n) is 6.64. The molecular formula is C16H27Cl2GeHf. The third-order valence-electron chi connectivity index (χ3n) is 3.76. The molecular weight excluding hydrogens is 514 g/mol. The van der Waals surface area contributed by atoms with E-state index in [1.165, 1.54) is 12.8 Å². The van der Waals surface area contributed by atoms with Crippen LogP contribution in [0.1, 0.15) is 33.6 Å². The molecule has 0 bridgehead atoms. The van der Waals surface area contributed by atoms with Gasteiger partial charge in [-0.15, -0.1) is 24.8 Å². The monoisotopic (exact) mass is 543 g/mol. The van der Waals surface area contributed by atoms with Crippen LogP contribution in [0.25, 0.3) is 0 Å². The van der Waals surface area contributed by atoms with Crippen LogP contribution >= 0.6 is 24.8 Å². The Kier molecular flexibility index (Phi) is 8.96. The predicted octanol–water partition coefficient (Wildman–Crippen LogP) is 5.54. The minimum absolute atomic E-state index is 0. The summed E-state index contributed by atoms with van der Waals surface area (Å²) in [6.07, 6.45) is 14.6. The molecule has 0 fully saturated rings. The molecule has 0 aromatic carbocycles. The molecule has 0 atom stereocenters. The van der Waals surface area contributed by atoms with E-state index in [0.29, 0.717) is 5.41 Å². The van der Waals surface area contributed by atoms with Gasteiger partial charge in [-0.25, -0.2) is 0 Å². The van der Waals surface area contributed by atoms with E-state index < -0.39 is 29.6 Å². The van der Waals surface area contributed by atoms with Crippen molar-refractivity contribution in [3.63, 3.8) is 0 Å². The van der Waals surface area contributed by atoms with Gasteiger partial charge in [-0.2, -0.15) is 0 Å². The van der Waals surface area contributed by atoms with Gasteiger partial charge >= 0.3 is 123 Å². The van der Waals surface area contributed by atoms with Gasteiger partial charge in [-0.1, -0.05) is 0 Å². The molecule has 0 heterocycles. The fourth-order valence-corrected chi connectivity index (χ4v) is 48.8. The van der Waals surface area contributed by atoms with E-state index in [4.69, 9.17) is 0 Å². The fourth-order valence-electron chi connectivity index (χ4n) is 3.02. The summed E-state index contributed by atoms with van der Waals surface area (Å²) < 4.78 is 3.85. The van der Waals surface area contributed by atoms with Gasteiger partial charge in [0.15, 0.2) is 0 Å². The topological polar surface area (TPSA) is 0 Å². The second-order valence-corrected chi connectivity index (χ2v) is 50.4. The van der Waals surface area contributed by atoms with E-state index in [0.717, 1.165) is 0 Å². The molecule has 113 valence electrons. The molecule has 0 amide bonds. The normalized spacial score (nSPS) is 17.2. The van der Waals surface area contributed by atoms with Gasteiger partial charge in [0.25, 0.3) is 0 Å². The molecule has 0 spiro atoms. The van der Waals surface area contributed by atoms with Gasteiger partial charge in [0.1, 0.15) is 0 Å². The Labute approximate surface area is 146 Å². The molecule has 0 saturated carbocycles. The van der Waals surface area contributed by atoms with E-state index in [-0.39, 0.29) is 24.8 Å². The van der Waals surface area contributed by atoms with Crippen molar-refractivity contribution in [2.24, 2.45) is 5.41 Å². The molecule has 2 aliphatic carbocycles. The molecule has 0 radical (unpaired) electrons. The molecule has 4 heteroatoms. The van der Waals surface area contributed by atoms with Crippen LogP contribution in [-0.2, 0) is 19.0 Å². The zero-order valence-electron chi connectivity index (χ0n) is 13.2. The van der Waals surface area contributed by atoms with Crippen molar-refractivity contribution in [2.75, 3.05) is 0 Å².